The fourth-order valence-corrected chi connectivity index (χ4v) is 7.78. The molecular formula is C30H38N4O5S2. The van der Waals surface area contributed by atoms with Gasteiger partial charge in [-0.05, 0) is 50.5 Å². The number of sulfonamides is 1. The highest BCUT2D eigenvalue weighted by atomic mass is 32.2. The number of rotatable bonds is 10. The number of carbonyl (C=O) groups excluding carboxylic acids is 1. The first kappa shape index (κ1) is 29.7. The highest BCUT2D eigenvalue weighted by Crippen LogP contribution is 2.28. The number of nitrogens with zero attached hydrogens (tertiary/aromatic N) is 4. The number of ether oxygens (including phenoxy) is 2. The van der Waals surface area contributed by atoms with E-state index in [9.17, 15) is 13.2 Å². The van der Waals surface area contributed by atoms with Crippen molar-refractivity contribution in [3.8, 4) is 11.3 Å². The number of para-hydroxylation sites is 1. The second-order valence-electron chi connectivity index (χ2n) is 10.3. The largest absolute Gasteiger partial charge is 0.466 e. The van der Waals surface area contributed by atoms with Gasteiger partial charge in [-0.15, -0.1) is 11.3 Å². The van der Waals surface area contributed by atoms with E-state index in [2.05, 4.69) is 14.8 Å². The maximum absolute atomic E-state index is 13.6. The molecule has 0 unspecified atom stereocenters. The molecule has 0 atom stereocenters. The average molecular weight is 599 g/mol. The molecule has 1 aromatic heterocycles. The summed E-state index contributed by atoms with van der Waals surface area (Å²) in [5.41, 5.74) is 2.67. The molecule has 0 spiro atoms. The smallest absolute Gasteiger partial charge is 0.309 e. The van der Waals surface area contributed by atoms with Gasteiger partial charge in [0.05, 0.1) is 42.0 Å². The third kappa shape index (κ3) is 7.34. The maximum atomic E-state index is 13.6. The molecule has 0 bridgehead atoms. The van der Waals surface area contributed by atoms with Gasteiger partial charge in [-0.3, -0.25) is 9.69 Å². The second kappa shape index (κ2) is 13.9. The van der Waals surface area contributed by atoms with Crippen molar-refractivity contribution in [1.82, 2.24) is 13.8 Å². The molecule has 0 N–H and O–H groups in total. The zero-order valence-electron chi connectivity index (χ0n) is 23.5. The lowest BCUT2D eigenvalue weighted by Gasteiger charge is -2.30. The number of aromatic nitrogens is 1. The number of morpholine rings is 1. The van der Waals surface area contributed by atoms with Gasteiger partial charge < -0.3 is 14.0 Å². The molecule has 2 saturated heterocycles. The summed E-state index contributed by atoms with van der Waals surface area (Å²) in [6.45, 7) is 7.88. The Morgan fingerprint density at radius 1 is 1.02 bits per heavy atom. The number of benzene rings is 2. The third-order valence-corrected chi connectivity index (χ3v) is 10.3. The van der Waals surface area contributed by atoms with E-state index in [-0.39, 0.29) is 16.8 Å². The van der Waals surface area contributed by atoms with Crippen LogP contribution in [0.5, 0.6) is 0 Å². The van der Waals surface area contributed by atoms with Gasteiger partial charge in [0.1, 0.15) is 0 Å². The van der Waals surface area contributed by atoms with Crippen LogP contribution in [0.3, 0.4) is 0 Å². The van der Waals surface area contributed by atoms with E-state index in [0.29, 0.717) is 32.5 Å². The predicted octanol–water partition coefficient (Wildman–Crippen LogP) is 4.14. The molecule has 2 aliphatic rings. The molecule has 0 radical (unpaired) electrons. The van der Waals surface area contributed by atoms with E-state index in [1.165, 1.54) is 4.31 Å². The van der Waals surface area contributed by atoms with Gasteiger partial charge in [-0.25, -0.2) is 13.4 Å². The van der Waals surface area contributed by atoms with Crippen molar-refractivity contribution in [1.29, 1.82) is 0 Å². The minimum Gasteiger partial charge on any atom is -0.466 e. The number of piperidine rings is 1. The predicted molar refractivity (Wildman–Crippen MR) is 159 cm³/mol. The Balaban J connectivity index is 1.39. The molecule has 3 heterocycles. The lowest BCUT2D eigenvalue weighted by atomic mass is 9.98. The molecule has 0 aliphatic carbocycles. The monoisotopic (exact) mass is 598 g/mol. The van der Waals surface area contributed by atoms with E-state index >= 15 is 0 Å². The Labute approximate surface area is 246 Å². The van der Waals surface area contributed by atoms with Crippen molar-refractivity contribution >= 4 is 33.0 Å². The number of hydrogen-bond donors (Lipinski definition) is 0. The number of carbonyl (C=O) groups is 1. The van der Waals surface area contributed by atoms with Crippen molar-refractivity contribution < 1.29 is 22.7 Å². The summed E-state index contributed by atoms with van der Waals surface area (Å²) in [6, 6.07) is 17.1. The van der Waals surface area contributed by atoms with Crippen molar-refractivity contribution in [2.45, 2.75) is 37.6 Å². The van der Waals surface area contributed by atoms with E-state index < -0.39 is 10.0 Å². The first-order valence-electron chi connectivity index (χ1n) is 14.3. The fraction of sp³-hybridized carbons (Fsp3) is 0.467. The van der Waals surface area contributed by atoms with Crippen molar-refractivity contribution in [2.24, 2.45) is 10.9 Å². The molecule has 5 rings (SSSR count). The molecule has 2 aliphatic heterocycles. The van der Waals surface area contributed by atoms with E-state index in [0.717, 1.165) is 67.6 Å². The molecule has 2 aromatic carbocycles. The summed E-state index contributed by atoms with van der Waals surface area (Å²) >= 11 is 1.56. The quantitative estimate of drug-likeness (QED) is 0.326. The summed E-state index contributed by atoms with van der Waals surface area (Å²) in [4.78, 5) is 20.6. The van der Waals surface area contributed by atoms with Gasteiger partial charge in [0.2, 0.25) is 10.0 Å². The normalized spacial score (nSPS) is 18.0. The van der Waals surface area contributed by atoms with Crippen LogP contribution in [-0.2, 0) is 30.8 Å². The Hall–Kier alpha value is -2.83. The molecule has 0 saturated carbocycles. The summed E-state index contributed by atoms with van der Waals surface area (Å²) in [6.07, 6.45) is 1.88. The fourth-order valence-electron chi connectivity index (χ4n) is 5.31. The standard InChI is InChI=1S/C30H38N4O5S2/c1-2-39-29(35)24-12-16-33(17-13-24)41(36,37)27-11-6-8-25(22-27)28-23-40-30(31-26-9-4-3-5-10-26)34(28)15-7-14-32-18-20-38-21-19-32/h3-6,8-11,22-24H,2,7,12-21H2,1H3. The van der Waals surface area contributed by atoms with Crippen LogP contribution in [0.2, 0.25) is 0 Å². The highest BCUT2D eigenvalue weighted by molar-refractivity contribution is 7.89. The Kier molecular flexibility index (Phi) is 10.0. The van der Waals surface area contributed by atoms with Gasteiger partial charge in [0.25, 0.3) is 0 Å². The minimum atomic E-state index is -3.71. The van der Waals surface area contributed by atoms with Crippen LogP contribution in [0.25, 0.3) is 11.3 Å². The lowest BCUT2D eigenvalue weighted by molar-refractivity contribution is -0.149. The van der Waals surface area contributed by atoms with Crippen LogP contribution in [-0.4, -0.2) is 80.7 Å². The molecule has 220 valence electrons. The maximum Gasteiger partial charge on any atom is 0.309 e. The third-order valence-electron chi connectivity index (χ3n) is 7.58. The van der Waals surface area contributed by atoms with E-state index in [1.807, 2.05) is 36.4 Å². The van der Waals surface area contributed by atoms with Gasteiger partial charge >= 0.3 is 5.97 Å². The number of hydrogen-bond acceptors (Lipinski definition) is 8. The van der Waals surface area contributed by atoms with Crippen LogP contribution in [0.4, 0.5) is 5.69 Å². The van der Waals surface area contributed by atoms with Gasteiger partial charge in [0.15, 0.2) is 4.80 Å². The van der Waals surface area contributed by atoms with Crippen molar-refractivity contribution in [2.75, 3.05) is 52.5 Å². The van der Waals surface area contributed by atoms with Gasteiger partial charge in [0, 0.05) is 50.2 Å². The molecule has 41 heavy (non-hydrogen) atoms. The van der Waals surface area contributed by atoms with Crippen LogP contribution in [0.1, 0.15) is 26.2 Å². The van der Waals surface area contributed by atoms with Crippen LogP contribution in [0.15, 0.2) is 69.9 Å². The number of esters is 1. The lowest BCUT2D eigenvalue weighted by Crippen LogP contribution is -2.40. The van der Waals surface area contributed by atoms with E-state index in [4.69, 9.17) is 14.5 Å². The van der Waals surface area contributed by atoms with Crippen LogP contribution >= 0.6 is 11.3 Å². The van der Waals surface area contributed by atoms with Gasteiger partial charge in [-0.1, -0.05) is 30.3 Å². The molecule has 11 heteroatoms. The minimum absolute atomic E-state index is 0.237. The van der Waals surface area contributed by atoms with Crippen molar-refractivity contribution in [3.05, 3.63) is 64.8 Å². The Bertz CT molecular complexity index is 1470. The summed E-state index contributed by atoms with van der Waals surface area (Å²) < 4.78 is 41.6. The first-order chi connectivity index (χ1) is 20.0. The van der Waals surface area contributed by atoms with Gasteiger partial charge in [-0.2, -0.15) is 4.31 Å². The number of thiazole rings is 1. The zero-order chi connectivity index (χ0) is 28.7. The summed E-state index contributed by atoms with van der Waals surface area (Å²) in [7, 11) is -3.71. The summed E-state index contributed by atoms with van der Waals surface area (Å²) in [5, 5.41) is 2.06. The average Bonchev–Trinajstić information content (AvgIpc) is 3.40. The topological polar surface area (TPSA) is 93.4 Å². The molecular weight excluding hydrogens is 560 g/mol. The Morgan fingerprint density at radius 3 is 2.51 bits per heavy atom. The highest BCUT2D eigenvalue weighted by Gasteiger charge is 2.33. The van der Waals surface area contributed by atoms with Crippen LogP contribution in [0, 0.1) is 5.92 Å². The molecule has 9 nitrogen and oxygen atoms in total. The second-order valence-corrected chi connectivity index (χ2v) is 13.0. The zero-order valence-corrected chi connectivity index (χ0v) is 25.1. The Morgan fingerprint density at radius 2 is 1.78 bits per heavy atom. The van der Waals surface area contributed by atoms with E-state index in [1.54, 1.807) is 36.5 Å². The summed E-state index contributed by atoms with van der Waals surface area (Å²) in [5.74, 6) is -0.486. The van der Waals surface area contributed by atoms with Crippen LogP contribution < -0.4 is 4.80 Å². The van der Waals surface area contributed by atoms with Crippen molar-refractivity contribution in [3.63, 3.8) is 0 Å². The molecule has 2 fully saturated rings. The SMILES string of the molecule is CCOC(=O)C1CCN(S(=O)(=O)c2cccc(-c3csc(=Nc4ccccc4)n3CCCN3CCOCC3)c2)CC1. The molecule has 3 aromatic rings. The first-order valence-corrected chi connectivity index (χ1v) is 16.6. The molecule has 0 amide bonds.